The molecule has 1 nitrogen and oxygen atoms in total. The molecule has 0 atom stereocenters. The highest BCUT2D eigenvalue weighted by molar-refractivity contribution is 9.10. The summed E-state index contributed by atoms with van der Waals surface area (Å²) in [7, 11) is 0. The monoisotopic (exact) mass is 208 g/mol. The third kappa shape index (κ3) is 1.33. The molecule has 0 heterocycles. The molecule has 0 radical (unpaired) electrons. The Kier molecular flexibility index (Phi) is 2.01. The van der Waals surface area contributed by atoms with Crippen molar-refractivity contribution >= 4 is 21.6 Å². The zero-order valence-corrected chi connectivity index (χ0v) is 6.58. The van der Waals surface area contributed by atoms with Crippen LogP contribution in [-0.4, -0.2) is 0 Å². The molecule has 0 aliphatic heterocycles. The van der Waals surface area contributed by atoms with E-state index in [4.69, 9.17) is 0 Å². The Morgan fingerprint density at radius 1 is 1.20 bits per heavy atom. The van der Waals surface area contributed by atoms with Gasteiger partial charge in [-0.15, -0.1) is 0 Å². The molecule has 0 amide bonds. The molecule has 0 unspecified atom stereocenters. The van der Waals surface area contributed by atoms with Crippen LogP contribution in [0.15, 0.2) is 16.6 Å². The first-order chi connectivity index (χ1) is 4.61. The van der Waals surface area contributed by atoms with E-state index in [2.05, 4.69) is 21.7 Å². The maximum atomic E-state index is 12.5. The van der Waals surface area contributed by atoms with Gasteiger partial charge in [0.2, 0.25) is 0 Å². The normalized spacial score (nSPS) is 10.0. The van der Waals surface area contributed by atoms with Crippen LogP contribution in [0.1, 0.15) is 0 Å². The second-order valence-electron chi connectivity index (χ2n) is 1.85. The van der Waals surface area contributed by atoms with Crippen LogP contribution in [0, 0.1) is 11.6 Å². The molecule has 0 bridgehead atoms. The predicted octanol–water partition coefficient (Wildman–Crippen LogP) is 1.60. The van der Waals surface area contributed by atoms with Crippen LogP contribution in [-0.2, 0) is 0 Å². The third-order valence-corrected chi connectivity index (χ3v) is 1.56. The van der Waals surface area contributed by atoms with Crippen molar-refractivity contribution in [3.8, 4) is 0 Å². The topological polar surface area (TPSA) is 27.6 Å². The van der Waals surface area contributed by atoms with Crippen LogP contribution in [0.2, 0.25) is 0 Å². The van der Waals surface area contributed by atoms with Gasteiger partial charge in [-0.2, -0.15) is 0 Å². The quantitative estimate of drug-likeness (QED) is 0.672. The summed E-state index contributed by atoms with van der Waals surface area (Å²) in [6, 6.07) is 2.34. The van der Waals surface area contributed by atoms with Crippen LogP contribution in [0.25, 0.3) is 0 Å². The Morgan fingerprint density at radius 3 is 2.00 bits per heavy atom. The molecule has 0 saturated carbocycles. The van der Waals surface area contributed by atoms with Crippen LogP contribution in [0.4, 0.5) is 14.5 Å². The van der Waals surface area contributed by atoms with Crippen molar-refractivity contribution in [1.29, 1.82) is 0 Å². The molecule has 10 heavy (non-hydrogen) atoms. The number of benzene rings is 1. The van der Waals surface area contributed by atoms with E-state index in [9.17, 15) is 8.78 Å². The van der Waals surface area contributed by atoms with E-state index in [0.717, 1.165) is 0 Å². The van der Waals surface area contributed by atoms with Crippen molar-refractivity contribution in [1.82, 2.24) is 0 Å². The number of halogens is 3. The smallest absolute Gasteiger partial charge is 0.200 e. The van der Waals surface area contributed by atoms with E-state index in [1.54, 1.807) is 0 Å². The van der Waals surface area contributed by atoms with Crippen molar-refractivity contribution in [2.75, 3.05) is 0 Å². The summed E-state index contributed by atoms with van der Waals surface area (Å²) < 4.78 is 25.4. The summed E-state index contributed by atoms with van der Waals surface area (Å²) in [5.74, 6) is -1.27. The fraction of sp³-hybridized carbons (Fsp3) is 0. The Labute approximate surface area is 65.0 Å². The highest BCUT2D eigenvalue weighted by Gasteiger charge is 2.08. The van der Waals surface area contributed by atoms with E-state index in [0.29, 0.717) is 4.47 Å². The largest absolute Gasteiger partial charge is 0.320 e. The maximum Gasteiger partial charge on any atom is 0.200 e. The van der Waals surface area contributed by atoms with Gasteiger partial charge in [-0.1, -0.05) is 15.9 Å². The second-order valence-corrected chi connectivity index (χ2v) is 2.76. The molecular weight excluding hydrogens is 204 g/mol. The first-order valence-electron chi connectivity index (χ1n) is 2.58. The number of hydrogen-bond acceptors (Lipinski definition) is 0. The third-order valence-electron chi connectivity index (χ3n) is 1.11. The van der Waals surface area contributed by atoms with Crippen molar-refractivity contribution in [2.45, 2.75) is 0 Å². The first kappa shape index (κ1) is 7.63. The van der Waals surface area contributed by atoms with E-state index < -0.39 is 11.6 Å². The summed E-state index contributed by atoms with van der Waals surface area (Å²) >= 11 is 2.94. The molecule has 0 fully saturated rings. The lowest BCUT2D eigenvalue weighted by atomic mass is 10.3. The molecule has 4 heteroatoms. The molecule has 0 saturated heterocycles. The molecule has 1 aromatic carbocycles. The summed E-state index contributed by atoms with van der Waals surface area (Å²) in [6.45, 7) is 0. The summed E-state index contributed by atoms with van der Waals surface area (Å²) in [5.41, 5.74) is 3.00. The molecule has 54 valence electrons. The molecule has 1 aromatic rings. The standard InChI is InChI=1S/C6H4BrF2N/c7-3-1-4(8)6(10)5(9)2-3/h1-2H,10H2/p+1. The Morgan fingerprint density at radius 2 is 1.60 bits per heavy atom. The Bertz CT molecular complexity index is 239. The van der Waals surface area contributed by atoms with Gasteiger partial charge in [0.1, 0.15) is 0 Å². The van der Waals surface area contributed by atoms with Gasteiger partial charge >= 0.3 is 0 Å². The van der Waals surface area contributed by atoms with E-state index in [-0.39, 0.29) is 5.69 Å². The number of rotatable bonds is 0. The molecule has 0 aliphatic carbocycles. The molecule has 0 aliphatic rings. The summed E-state index contributed by atoms with van der Waals surface area (Å²) in [5, 5.41) is 0. The molecular formula is C6H5BrF2N+. The fourth-order valence-corrected chi connectivity index (χ4v) is 0.974. The average molecular weight is 209 g/mol. The number of quaternary nitrogens is 1. The van der Waals surface area contributed by atoms with Crippen molar-refractivity contribution < 1.29 is 14.5 Å². The zero-order valence-electron chi connectivity index (χ0n) is 5.00. The van der Waals surface area contributed by atoms with Gasteiger partial charge in [0.05, 0.1) is 0 Å². The molecule has 0 spiro atoms. The minimum atomic E-state index is -0.633. The van der Waals surface area contributed by atoms with Crippen LogP contribution >= 0.6 is 15.9 Å². The minimum absolute atomic E-state index is 0.191. The molecule has 0 aromatic heterocycles. The maximum absolute atomic E-state index is 12.5. The van der Waals surface area contributed by atoms with Gasteiger partial charge in [0, 0.05) is 4.47 Å². The van der Waals surface area contributed by atoms with Crippen molar-refractivity contribution in [2.24, 2.45) is 0 Å². The second kappa shape index (κ2) is 2.64. The van der Waals surface area contributed by atoms with Gasteiger partial charge in [-0.3, -0.25) is 0 Å². The van der Waals surface area contributed by atoms with Gasteiger partial charge in [-0.05, 0) is 12.1 Å². The molecule has 1 rings (SSSR count). The van der Waals surface area contributed by atoms with Crippen LogP contribution in [0.5, 0.6) is 0 Å². The summed E-state index contributed by atoms with van der Waals surface area (Å²) in [6.07, 6.45) is 0. The van der Waals surface area contributed by atoms with Crippen molar-refractivity contribution in [3.63, 3.8) is 0 Å². The zero-order chi connectivity index (χ0) is 7.72. The lowest BCUT2D eigenvalue weighted by Gasteiger charge is -1.93. The van der Waals surface area contributed by atoms with Crippen LogP contribution in [0.3, 0.4) is 0 Å². The fourth-order valence-electron chi connectivity index (χ4n) is 0.572. The Hall–Kier alpha value is -0.480. The highest BCUT2D eigenvalue weighted by Crippen LogP contribution is 2.19. The predicted molar refractivity (Wildman–Crippen MR) is 36.6 cm³/mol. The summed E-state index contributed by atoms with van der Waals surface area (Å²) in [4.78, 5) is 0. The van der Waals surface area contributed by atoms with E-state index in [1.807, 2.05) is 0 Å². The molecule has 3 N–H and O–H groups in total. The first-order valence-corrected chi connectivity index (χ1v) is 3.37. The van der Waals surface area contributed by atoms with E-state index >= 15 is 0 Å². The van der Waals surface area contributed by atoms with Gasteiger partial charge in [-0.25, -0.2) is 8.78 Å². The van der Waals surface area contributed by atoms with Gasteiger partial charge < -0.3 is 5.73 Å². The van der Waals surface area contributed by atoms with Crippen molar-refractivity contribution in [3.05, 3.63) is 28.2 Å². The average Bonchev–Trinajstić information content (AvgIpc) is 1.82. The lowest BCUT2D eigenvalue weighted by Crippen LogP contribution is -2.42. The highest BCUT2D eigenvalue weighted by atomic mass is 79.9. The lowest BCUT2D eigenvalue weighted by molar-refractivity contribution is -0.262. The number of hydrogen-bond donors (Lipinski definition) is 1. The van der Waals surface area contributed by atoms with E-state index in [1.165, 1.54) is 12.1 Å². The SMILES string of the molecule is [NH3+]c1c(F)cc(Br)cc1F. The van der Waals surface area contributed by atoms with Crippen LogP contribution < -0.4 is 5.73 Å². The van der Waals surface area contributed by atoms with Gasteiger partial charge in [0.25, 0.3) is 0 Å². The Balaban J connectivity index is 3.31. The minimum Gasteiger partial charge on any atom is -0.320 e. The van der Waals surface area contributed by atoms with Gasteiger partial charge in [0.15, 0.2) is 17.3 Å².